The Morgan fingerprint density at radius 3 is 2.29 bits per heavy atom. The molecule has 1 heterocycles. The number of sulfone groups is 1. The fraction of sp³-hybridized carbons (Fsp3) is 0.556. The van der Waals surface area contributed by atoms with Gasteiger partial charge in [0, 0.05) is 12.6 Å². The maximum atomic E-state index is 12.5. The molecule has 0 saturated carbocycles. The summed E-state index contributed by atoms with van der Waals surface area (Å²) < 4.78 is 44.1. The zero-order chi connectivity index (χ0) is 20.9. The molecule has 1 atom stereocenters. The lowest BCUT2D eigenvalue weighted by Crippen LogP contribution is -2.43. The van der Waals surface area contributed by atoms with Gasteiger partial charge in [-0.25, -0.2) is 13.2 Å². The highest BCUT2D eigenvalue weighted by Gasteiger charge is 2.34. The molecule has 1 fully saturated rings. The van der Waals surface area contributed by atoms with Crippen molar-refractivity contribution in [1.29, 1.82) is 0 Å². The van der Waals surface area contributed by atoms with E-state index in [0.29, 0.717) is 18.7 Å². The predicted molar refractivity (Wildman–Crippen MR) is 101 cm³/mol. The summed E-state index contributed by atoms with van der Waals surface area (Å²) in [6.45, 7) is 1.58. The van der Waals surface area contributed by atoms with Crippen molar-refractivity contribution in [2.24, 2.45) is 0 Å². The van der Waals surface area contributed by atoms with Crippen molar-refractivity contribution in [3.63, 3.8) is 0 Å². The van der Waals surface area contributed by atoms with Crippen molar-refractivity contribution in [1.82, 2.24) is 4.90 Å². The van der Waals surface area contributed by atoms with Gasteiger partial charge in [0.2, 0.25) is 5.75 Å². The van der Waals surface area contributed by atoms with Crippen molar-refractivity contribution in [3.05, 3.63) is 17.7 Å². The van der Waals surface area contributed by atoms with Crippen LogP contribution in [0, 0.1) is 0 Å². The maximum absolute atomic E-state index is 12.5. The van der Waals surface area contributed by atoms with Gasteiger partial charge in [0.15, 0.2) is 27.9 Å². The molecule has 0 aliphatic carbocycles. The number of esters is 1. The second-order valence-electron chi connectivity index (χ2n) is 6.19. The van der Waals surface area contributed by atoms with Crippen molar-refractivity contribution >= 4 is 21.7 Å². The Balaban J connectivity index is 2.10. The second-order valence-corrected chi connectivity index (χ2v) is 8.42. The first-order valence-electron chi connectivity index (χ1n) is 8.73. The first-order valence-corrected chi connectivity index (χ1v) is 10.6. The van der Waals surface area contributed by atoms with Crippen molar-refractivity contribution in [3.8, 4) is 17.2 Å². The number of carbonyl (C=O) groups excluding carboxylic acids is 2. The third kappa shape index (κ3) is 4.67. The van der Waals surface area contributed by atoms with Gasteiger partial charge >= 0.3 is 5.97 Å². The molecule has 1 amide bonds. The van der Waals surface area contributed by atoms with E-state index in [1.165, 1.54) is 38.4 Å². The van der Waals surface area contributed by atoms with Crippen molar-refractivity contribution in [2.75, 3.05) is 46.0 Å². The van der Waals surface area contributed by atoms with Crippen molar-refractivity contribution < 1.29 is 37.0 Å². The van der Waals surface area contributed by atoms with Gasteiger partial charge in [0.1, 0.15) is 5.56 Å². The average Bonchev–Trinajstić information content (AvgIpc) is 3.04. The molecular formula is C18H25NO8S. The minimum atomic E-state index is -3.13. The Morgan fingerprint density at radius 2 is 1.79 bits per heavy atom. The number of hydrogen-bond donors (Lipinski definition) is 0. The van der Waals surface area contributed by atoms with Crippen LogP contribution >= 0.6 is 0 Å². The average molecular weight is 415 g/mol. The second kappa shape index (κ2) is 9.13. The molecule has 9 nitrogen and oxygen atoms in total. The Bertz CT molecular complexity index is 836. The molecule has 0 spiro atoms. The van der Waals surface area contributed by atoms with Crippen LogP contribution in [0.3, 0.4) is 0 Å². The Morgan fingerprint density at radius 1 is 1.11 bits per heavy atom. The first kappa shape index (κ1) is 21.8. The molecule has 0 radical (unpaired) electrons. The minimum absolute atomic E-state index is 0.0596. The van der Waals surface area contributed by atoms with Crippen LogP contribution in [-0.4, -0.2) is 77.2 Å². The minimum Gasteiger partial charge on any atom is -0.493 e. The number of methoxy groups -OCH3 is 3. The molecule has 0 N–H and O–H groups in total. The summed E-state index contributed by atoms with van der Waals surface area (Å²) in [5.41, 5.74) is 0.0828. The summed E-state index contributed by atoms with van der Waals surface area (Å²) in [5.74, 6) is -0.468. The van der Waals surface area contributed by atoms with Crippen LogP contribution in [0.5, 0.6) is 17.2 Å². The summed E-state index contributed by atoms with van der Waals surface area (Å²) >= 11 is 0. The summed E-state index contributed by atoms with van der Waals surface area (Å²) in [6, 6.07) is 2.59. The lowest BCUT2D eigenvalue weighted by atomic mass is 10.1. The van der Waals surface area contributed by atoms with Crippen LogP contribution in [-0.2, 0) is 19.4 Å². The molecule has 1 aliphatic rings. The number of carbonyl (C=O) groups is 2. The fourth-order valence-electron chi connectivity index (χ4n) is 3.21. The van der Waals surface area contributed by atoms with E-state index in [4.69, 9.17) is 18.9 Å². The molecule has 0 aromatic heterocycles. The van der Waals surface area contributed by atoms with E-state index in [1.54, 1.807) is 6.92 Å². The molecule has 1 aromatic rings. The zero-order valence-electron chi connectivity index (χ0n) is 16.4. The lowest BCUT2D eigenvalue weighted by Gasteiger charge is -2.26. The van der Waals surface area contributed by atoms with Gasteiger partial charge in [-0.2, -0.15) is 0 Å². The van der Waals surface area contributed by atoms with Crippen LogP contribution in [0.15, 0.2) is 12.1 Å². The SMILES string of the molecule is CCN(C(=O)COC(=O)c1ccc(OC)c(OC)c1OC)C1CCS(=O)(=O)C1. The van der Waals surface area contributed by atoms with E-state index in [0.717, 1.165) is 0 Å². The summed E-state index contributed by atoms with van der Waals surface area (Å²) in [5, 5.41) is 0. The van der Waals surface area contributed by atoms with Gasteiger partial charge in [-0.1, -0.05) is 0 Å². The highest BCUT2D eigenvalue weighted by atomic mass is 32.2. The molecule has 1 aliphatic heterocycles. The van der Waals surface area contributed by atoms with E-state index in [-0.39, 0.29) is 28.6 Å². The largest absolute Gasteiger partial charge is 0.493 e. The lowest BCUT2D eigenvalue weighted by molar-refractivity contribution is -0.136. The first-order chi connectivity index (χ1) is 13.3. The van der Waals surface area contributed by atoms with Gasteiger partial charge in [0.25, 0.3) is 5.91 Å². The van der Waals surface area contributed by atoms with Crippen LogP contribution in [0.25, 0.3) is 0 Å². The quantitative estimate of drug-likeness (QED) is 0.577. The number of amides is 1. The topological polar surface area (TPSA) is 108 Å². The Hall–Kier alpha value is -2.49. The number of likely N-dealkylation sites (N-methyl/N-ethyl adjacent to an activating group) is 1. The number of ether oxygens (including phenoxy) is 4. The Labute approximate surface area is 164 Å². The fourth-order valence-corrected chi connectivity index (χ4v) is 4.94. The Kier molecular flexibility index (Phi) is 7.11. The molecule has 1 saturated heterocycles. The molecule has 28 heavy (non-hydrogen) atoms. The van der Waals surface area contributed by atoms with Gasteiger partial charge in [-0.3, -0.25) is 4.79 Å². The number of hydrogen-bond acceptors (Lipinski definition) is 8. The molecule has 0 bridgehead atoms. The van der Waals surface area contributed by atoms with Crippen molar-refractivity contribution in [2.45, 2.75) is 19.4 Å². The van der Waals surface area contributed by atoms with Gasteiger partial charge in [-0.15, -0.1) is 0 Å². The number of nitrogens with zero attached hydrogens (tertiary/aromatic N) is 1. The molecule has 2 rings (SSSR count). The monoisotopic (exact) mass is 415 g/mol. The standard InChI is InChI=1S/C18H25NO8S/c1-5-19(12-8-9-28(22,23)11-12)15(20)10-27-18(21)13-6-7-14(24-2)17(26-4)16(13)25-3/h6-7,12H,5,8-11H2,1-4H3. The zero-order valence-corrected chi connectivity index (χ0v) is 17.2. The smallest absolute Gasteiger partial charge is 0.342 e. The maximum Gasteiger partial charge on any atom is 0.342 e. The molecule has 1 unspecified atom stereocenters. The van der Waals surface area contributed by atoms with E-state index in [9.17, 15) is 18.0 Å². The highest BCUT2D eigenvalue weighted by Crippen LogP contribution is 2.39. The van der Waals surface area contributed by atoms with Gasteiger partial charge < -0.3 is 23.8 Å². The van der Waals surface area contributed by atoms with E-state index >= 15 is 0 Å². The number of rotatable bonds is 8. The summed E-state index contributed by atoms with van der Waals surface area (Å²) in [4.78, 5) is 26.4. The van der Waals surface area contributed by atoms with E-state index < -0.39 is 34.4 Å². The third-order valence-electron chi connectivity index (χ3n) is 4.56. The van der Waals surface area contributed by atoms with Gasteiger partial charge in [0.05, 0.1) is 32.8 Å². The van der Waals surface area contributed by atoms with E-state index in [2.05, 4.69) is 0 Å². The molecular weight excluding hydrogens is 390 g/mol. The van der Waals surface area contributed by atoms with Crippen LogP contribution < -0.4 is 14.2 Å². The van der Waals surface area contributed by atoms with Crippen LogP contribution in [0.1, 0.15) is 23.7 Å². The van der Waals surface area contributed by atoms with E-state index in [1.807, 2.05) is 0 Å². The molecule has 1 aromatic carbocycles. The highest BCUT2D eigenvalue weighted by molar-refractivity contribution is 7.91. The molecule has 10 heteroatoms. The molecule has 156 valence electrons. The van der Waals surface area contributed by atoms with Gasteiger partial charge in [-0.05, 0) is 25.5 Å². The number of benzene rings is 1. The predicted octanol–water partition coefficient (Wildman–Crippen LogP) is 0.905. The third-order valence-corrected chi connectivity index (χ3v) is 6.31. The normalized spacial score (nSPS) is 17.6. The summed E-state index contributed by atoms with van der Waals surface area (Å²) in [7, 11) is 1.11. The van der Waals surface area contributed by atoms with Crippen LogP contribution in [0.4, 0.5) is 0 Å². The van der Waals surface area contributed by atoms with Crippen LogP contribution in [0.2, 0.25) is 0 Å². The summed E-state index contributed by atoms with van der Waals surface area (Å²) in [6.07, 6.45) is 0.388.